The van der Waals surface area contributed by atoms with Gasteiger partial charge < -0.3 is 10.5 Å². The minimum Gasteiger partial charge on any atom is -0.480 e. The second-order valence-electron chi connectivity index (χ2n) is 3.65. The fourth-order valence-corrected chi connectivity index (χ4v) is 1.52. The van der Waals surface area contributed by atoms with Crippen LogP contribution in [-0.4, -0.2) is 11.5 Å². The lowest BCUT2D eigenvalue weighted by Crippen LogP contribution is -2.20. The van der Waals surface area contributed by atoms with E-state index in [9.17, 15) is 8.78 Å². The lowest BCUT2D eigenvalue weighted by Gasteiger charge is -2.17. The molecule has 0 aliphatic heterocycles. The highest BCUT2D eigenvalue weighted by Gasteiger charge is 2.16. The van der Waals surface area contributed by atoms with Crippen molar-refractivity contribution in [2.45, 2.75) is 6.10 Å². The molecule has 94 valence electrons. The first-order chi connectivity index (χ1) is 8.72. The van der Waals surface area contributed by atoms with Crippen molar-refractivity contribution < 1.29 is 13.5 Å². The summed E-state index contributed by atoms with van der Waals surface area (Å²) >= 11 is 0. The van der Waals surface area contributed by atoms with Gasteiger partial charge in [0.05, 0.1) is 5.69 Å². The second-order valence-corrected chi connectivity index (χ2v) is 3.65. The Morgan fingerprint density at radius 1 is 1.17 bits per heavy atom. The average Bonchev–Trinajstić information content (AvgIpc) is 2.41. The molecule has 18 heavy (non-hydrogen) atoms. The molecule has 1 aromatic heterocycles. The SMILES string of the molecule is NCC(Oc1cccc(F)c1F)c1ccccn1. The van der Waals surface area contributed by atoms with Gasteiger partial charge in [-0.25, -0.2) is 4.39 Å². The Bertz CT molecular complexity index is 520. The molecule has 1 unspecified atom stereocenters. The van der Waals surface area contributed by atoms with E-state index in [0.29, 0.717) is 5.69 Å². The summed E-state index contributed by atoms with van der Waals surface area (Å²) in [6.45, 7) is 0.118. The zero-order valence-electron chi connectivity index (χ0n) is 9.51. The number of benzene rings is 1. The molecule has 0 spiro atoms. The topological polar surface area (TPSA) is 48.1 Å². The molecule has 0 fully saturated rings. The van der Waals surface area contributed by atoms with E-state index in [1.54, 1.807) is 24.4 Å². The largest absolute Gasteiger partial charge is 0.480 e. The van der Waals surface area contributed by atoms with Crippen molar-refractivity contribution in [3.05, 3.63) is 59.9 Å². The molecule has 1 heterocycles. The molecular weight excluding hydrogens is 238 g/mol. The van der Waals surface area contributed by atoms with Crippen molar-refractivity contribution in [1.82, 2.24) is 4.98 Å². The Kier molecular flexibility index (Phi) is 3.84. The molecule has 3 nitrogen and oxygen atoms in total. The normalized spacial score (nSPS) is 12.2. The van der Waals surface area contributed by atoms with Gasteiger partial charge in [0.15, 0.2) is 17.7 Å². The van der Waals surface area contributed by atoms with Crippen molar-refractivity contribution in [3.8, 4) is 5.75 Å². The molecule has 0 radical (unpaired) electrons. The van der Waals surface area contributed by atoms with Crippen LogP contribution in [0.5, 0.6) is 5.75 Å². The van der Waals surface area contributed by atoms with Crippen LogP contribution < -0.4 is 10.5 Å². The Morgan fingerprint density at radius 2 is 2.00 bits per heavy atom. The van der Waals surface area contributed by atoms with Crippen LogP contribution >= 0.6 is 0 Å². The molecule has 1 atom stereocenters. The van der Waals surface area contributed by atoms with E-state index in [1.807, 2.05) is 0 Å². The third-order valence-corrected chi connectivity index (χ3v) is 2.42. The van der Waals surface area contributed by atoms with E-state index < -0.39 is 17.7 Å². The maximum atomic E-state index is 13.5. The number of hydrogen-bond acceptors (Lipinski definition) is 3. The maximum Gasteiger partial charge on any atom is 0.200 e. The van der Waals surface area contributed by atoms with Crippen LogP contribution in [0.2, 0.25) is 0 Å². The van der Waals surface area contributed by atoms with Crippen molar-refractivity contribution in [2.24, 2.45) is 5.73 Å². The molecule has 0 amide bonds. The van der Waals surface area contributed by atoms with Crippen LogP contribution in [0.15, 0.2) is 42.6 Å². The van der Waals surface area contributed by atoms with Crippen LogP contribution in [0, 0.1) is 11.6 Å². The van der Waals surface area contributed by atoms with Crippen molar-refractivity contribution in [3.63, 3.8) is 0 Å². The number of aromatic nitrogens is 1. The molecule has 0 saturated carbocycles. The summed E-state index contributed by atoms with van der Waals surface area (Å²) in [6.07, 6.45) is 0.978. The van der Waals surface area contributed by atoms with Crippen LogP contribution in [0.25, 0.3) is 0 Å². The number of nitrogens with zero attached hydrogens (tertiary/aromatic N) is 1. The van der Waals surface area contributed by atoms with Gasteiger partial charge in [-0.2, -0.15) is 4.39 Å². The quantitative estimate of drug-likeness (QED) is 0.906. The molecule has 0 saturated heterocycles. The third-order valence-electron chi connectivity index (χ3n) is 2.42. The van der Waals surface area contributed by atoms with Crippen molar-refractivity contribution in [1.29, 1.82) is 0 Å². The predicted octanol–water partition coefficient (Wildman–Crippen LogP) is 2.44. The first kappa shape index (κ1) is 12.4. The molecule has 0 bridgehead atoms. The van der Waals surface area contributed by atoms with Gasteiger partial charge >= 0.3 is 0 Å². The predicted molar refractivity (Wildman–Crippen MR) is 63.0 cm³/mol. The zero-order chi connectivity index (χ0) is 13.0. The van der Waals surface area contributed by atoms with E-state index in [1.165, 1.54) is 12.1 Å². The van der Waals surface area contributed by atoms with Gasteiger partial charge in [-0.15, -0.1) is 0 Å². The molecule has 2 rings (SSSR count). The zero-order valence-corrected chi connectivity index (χ0v) is 9.51. The number of ether oxygens (including phenoxy) is 1. The summed E-state index contributed by atoms with van der Waals surface area (Å²) < 4.78 is 31.8. The van der Waals surface area contributed by atoms with E-state index in [2.05, 4.69) is 4.98 Å². The summed E-state index contributed by atoms with van der Waals surface area (Å²) in [5, 5.41) is 0. The summed E-state index contributed by atoms with van der Waals surface area (Å²) in [6, 6.07) is 9.00. The summed E-state index contributed by atoms with van der Waals surface area (Å²) in [5.41, 5.74) is 6.13. The summed E-state index contributed by atoms with van der Waals surface area (Å²) in [7, 11) is 0. The minimum atomic E-state index is -1.02. The van der Waals surface area contributed by atoms with E-state index in [4.69, 9.17) is 10.5 Å². The smallest absolute Gasteiger partial charge is 0.200 e. The number of nitrogens with two attached hydrogens (primary N) is 1. The molecular formula is C13H12F2N2O. The van der Waals surface area contributed by atoms with Crippen molar-refractivity contribution >= 4 is 0 Å². The summed E-state index contributed by atoms with van der Waals surface area (Å²) in [4.78, 5) is 4.08. The number of pyridine rings is 1. The van der Waals surface area contributed by atoms with Crippen LogP contribution in [0.1, 0.15) is 11.8 Å². The van der Waals surface area contributed by atoms with E-state index in [0.717, 1.165) is 6.07 Å². The van der Waals surface area contributed by atoms with Gasteiger partial charge in [0, 0.05) is 12.7 Å². The lowest BCUT2D eigenvalue weighted by atomic mass is 10.2. The fraction of sp³-hybridized carbons (Fsp3) is 0.154. The van der Waals surface area contributed by atoms with Gasteiger partial charge in [0.2, 0.25) is 5.82 Å². The highest BCUT2D eigenvalue weighted by molar-refractivity contribution is 5.26. The lowest BCUT2D eigenvalue weighted by molar-refractivity contribution is 0.197. The highest BCUT2D eigenvalue weighted by atomic mass is 19.2. The van der Waals surface area contributed by atoms with Gasteiger partial charge in [-0.1, -0.05) is 12.1 Å². The van der Waals surface area contributed by atoms with Gasteiger partial charge in [-0.05, 0) is 24.3 Å². The van der Waals surface area contributed by atoms with Gasteiger partial charge in [0.25, 0.3) is 0 Å². The Balaban J connectivity index is 2.24. The molecule has 1 aromatic carbocycles. The molecule has 5 heteroatoms. The van der Waals surface area contributed by atoms with Gasteiger partial charge in [-0.3, -0.25) is 4.98 Å². The van der Waals surface area contributed by atoms with Crippen LogP contribution in [-0.2, 0) is 0 Å². The van der Waals surface area contributed by atoms with Crippen LogP contribution in [0.4, 0.5) is 8.78 Å². The molecule has 0 aliphatic carbocycles. The minimum absolute atomic E-state index is 0.118. The van der Waals surface area contributed by atoms with Crippen molar-refractivity contribution in [2.75, 3.05) is 6.54 Å². The van der Waals surface area contributed by atoms with Crippen LogP contribution in [0.3, 0.4) is 0 Å². The standard InChI is InChI=1S/C13H12F2N2O/c14-9-4-3-6-11(13(9)15)18-12(8-16)10-5-1-2-7-17-10/h1-7,12H,8,16H2. The number of hydrogen-bond donors (Lipinski definition) is 1. The Morgan fingerprint density at radius 3 is 2.67 bits per heavy atom. The second kappa shape index (κ2) is 5.55. The fourth-order valence-electron chi connectivity index (χ4n) is 1.52. The Labute approximate surface area is 103 Å². The van der Waals surface area contributed by atoms with E-state index in [-0.39, 0.29) is 12.3 Å². The molecule has 2 N–H and O–H groups in total. The first-order valence-electron chi connectivity index (χ1n) is 5.44. The highest BCUT2D eigenvalue weighted by Crippen LogP contribution is 2.24. The Hall–Kier alpha value is -2.01. The third kappa shape index (κ3) is 2.62. The monoisotopic (exact) mass is 250 g/mol. The molecule has 0 aliphatic rings. The summed E-state index contributed by atoms with van der Waals surface area (Å²) in [5.74, 6) is -2.15. The van der Waals surface area contributed by atoms with E-state index >= 15 is 0 Å². The molecule has 2 aromatic rings. The average molecular weight is 250 g/mol. The van der Waals surface area contributed by atoms with Gasteiger partial charge in [0.1, 0.15) is 0 Å². The maximum absolute atomic E-state index is 13.5. The number of halogens is 2. The number of rotatable bonds is 4. The first-order valence-corrected chi connectivity index (χ1v) is 5.44.